The molecule has 3 aromatic rings. The summed E-state index contributed by atoms with van der Waals surface area (Å²) < 4.78 is 2.97. The third kappa shape index (κ3) is 2.35. The predicted molar refractivity (Wildman–Crippen MR) is 87.9 cm³/mol. The number of aromatic nitrogens is 2. The minimum absolute atomic E-state index is 0.105. The van der Waals surface area contributed by atoms with Crippen molar-refractivity contribution in [1.29, 1.82) is 0 Å². The number of carbonyl (C=O) groups excluding carboxylic acids is 1. The summed E-state index contributed by atoms with van der Waals surface area (Å²) >= 11 is 2.19. The molecule has 0 saturated carbocycles. The number of para-hydroxylation sites is 2. The first-order valence-electron chi connectivity index (χ1n) is 6.35. The molecule has 0 fully saturated rings. The van der Waals surface area contributed by atoms with E-state index < -0.39 is 0 Å². The van der Waals surface area contributed by atoms with Crippen LogP contribution in [0, 0.1) is 3.57 Å². The summed E-state index contributed by atoms with van der Waals surface area (Å²) in [6, 6.07) is 15.6. The predicted octanol–water partition coefficient (Wildman–Crippen LogP) is 3.60. The molecule has 0 aliphatic heterocycles. The van der Waals surface area contributed by atoms with Crippen LogP contribution in [0.2, 0.25) is 0 Å². The van der Waals surface area contributed by atoms with Gasteiger partial charge in [0, 0.05) is 16.2 Å². The Kier molecular flexibility index (Phi) is 3.56. The lowest BCUT2D eigenvalue weighted by molar-refractivity contribution is 0.0989. The van der Waals surface area contributed by atoms with Crippen molar-refractivity contribution in [3.05, 3.63) is 63.5 Å². The lowest BCUT2D eigenvalue weighted by atomic mass is 10.1. The molecule has 0 N–H and O–H groups in total. The Morgan fingerprint density at radius 3 is 2.60 bits per heavy atom. The summed E-state index contributed by atoms with van der Waals surface area (Å²) in [5.41, 5.74) is 2.75. The molecule has 4 heteroatoms. The number of ketones is 1. The van der Waals surface area contributed by atoms with E-state index in [2.05, 4.69) is 27.6 Å². The van der Waals surface area contributed by atoms with Crippen molar-refractivity contribution in [2.45, 2.75) is 6.42 Å². The Bertz CT molecular complexity index is 792. The van der Waals surface area contributed by atoms with Crippen molar-refractivity contribution in [2.24, 2.45) is 7.05 Å². The van der Waals surface area contributed by atoms with Gasteiger partial charge in [0.2, 0.25) is 0 Å². The summed E-state index contributed by atoms with van der Waals surface area (Å²) in [5.74, 6) is 0.907. The van der Waals surface area contributed by atoms with Crippen molar-refractivity contribution < 1.29 is 4.79 Å². The zero-order chi connectivity index (χ0) is 14.1. The maximum Gasteiger partial charge on any atom is 0.171 e. The van der Waals surface area contributed by atoms with Gasteiger partial charge < -0.3 is 4.57 Å². The van der Waals surface area contributed by atoms with Gasteiger partial charge >= 0.3 is 0 Å². The molecule has 100 valence electrons. The molecule has 0 atom stereocenters. The Hall–Kier alpha value is -1.69. The summed E-state index contributed by atoms with van der Waals surface area (Å²) in [4.78, 5) is 17.0. The van der Waals surface area contributed by atoms with Crippen molar-refractivity contribution >= 4 is 39.4 Å². The summed E-state index contributed by atoms with van der Waals surface area (Å²) in [6.45, 7) is 0. The minimum atomic E-state index is 0.105. The second kappa shape index (κ2) is 5.36. The summed E-state index contributed by atoms with van der Waals surface area (Å²) in [7, 11) is 1.95. The molecule has 0 spiro atoms. The van der Waals surface area contributed by atoms with Gasteiger partial charge in [-0.1, -0.05) is 30.3 Å². The van der Waals surface area contributed by atoms with Crippen LogP contribution in [0.1, 0.15) is 16.2 Å². The van der Waals surface area contributed by atoms with E-state index in [1.165, 1.54) is 0 Å². The maximum absolute atomic E-state index is 12.4. The molecule has 1 heterocycles. The molecule has 20 heavy (non-hydrogen) atoms. The average molecular weight is 376 g/mol. The number of benzene rings is 2. The van der Waals surface area contributed by atoms with Crippen molar-refractivity contribution in [1.82, 2.24) is 9.55 Å². The van der Waals surface area contributed by atoms with Gasteiger partial charge in [-0.2, -0.15) is 0 Å². The van der Waals surface area contributed by atoms with Crippen LogP contribution >= 0.6 is 22.6 Å². The van der Waals surface area contributed by atoms with E-state index >= 15 is 0 Å². The molecular weight excluding hydrogens is 363 g/mol. The van der Waals surface area contributed by atoms with E-state index in [0.29, 0.717) is 6.42 Å². The first-order valence-corrected chi connectivity index (χ1v) is 7.43. The number of rotatable bonds is 3. The quantitative estimate of drug-likeness (QED) is 0.517. The number of carbonyl (C=O) groups is 1. The van der Waals surface area contributed by atoms with Crippen LogP contribution in [-0.4, -0.2) is 15.3 Å². The number of nitrogens with zero attached hydrogens (tertiary/aromatic N) is 2. The van der Waals surface area contributed by atoms with Gasteiger partial charge in [0.25, 0.3) is 0 Å². The highest BCUT2D eigenvalue weighted by atomic mass is 127. The number of Topliss-reactive ketones (excluding diaryl/α,β-unsaturated/α-hetero) is 1. The van der Waals surface area contributed by atoms with Gasteiger partial charge in [0.1, 0.15) is 5.82 Å². The van der Waals surface area contributed by atoms with E-state index in [1.54, 1.807) is 0 Å². The lowest BCUT2D eigenvalue weighted by Crippen LogP contribution is -2.09. The fourth-order valence-electron chi connectivity index (χ4n) is 2.28. The number of aryl methyl sites for hydroxylation is 1. The van der Waals surface area contributed by atoms with Crippen LogP contribution in [0.3, 0.4) is 0 Å². The van der Waals surface area contributed by atoms with Crippen molar-refractivity contribution in [3.8, 4) is 0 Å². The Balaban J connectivity index is 1.96. The average Bonchev–Trinajstić information content (AvgIpc) is 2.76. The fraction of sp³-hybridized carbons (Fsp3) is 0.125. The van der Waals surface area contributed by atoms with Crippen LogP contribution < -0.4 is 0 Å². The standard InChI is InChI=1S/C16H13IN2O/c1-19-14-9-5-4-8-13(14)18-16(19)10-15(20)11-6-2-3-7-12(11)17/h2-9H,10H2,1H3. The number of hydrogen-bond donors (Lipinski definition) is 0. The molecule has 0 aliphatic rings. The van der Waals surface area contributed by atoms with Gasteiger partial charge in [-0.15, -0.1) is 0 Å². The Labute approximate surface area is 130 Å². The van der Waals surface area contributed by atoms with Gasteiger partial charge in [-0.05, 0) is 40.8 Å². The highest BCUT2D eigenvalue weighted by Gasteiger charge is 2.14. The van der Waals surface area contributed by atoms with Gasteiger partial charge in [-0.3, -0.25) is 4.79 Å². The van der Waals surface area contributed by atoms with Gasteiger partial charge in [0.15, 0.2) is 5.78 Å². The molecular formula is C16H13IN2O. The lowest BCUT2D eigenvalue weighted by Gasteiger charge is -2.04. The van der Waals surface area contributed by atoms with E-state index in [-0.39, 0.29) is 5.78 Å². The van der Waals surface area contributed by atoms with Gasteiger partial charge in [0.05, 0.1) is 17.5 Å². The zero-order valence-electron chi connectivity index (χ0n) is 11.0. The van der Waals surface area contributed by atoms with E-state index in [9.17, 15) is 4.79 Å². The monoisotopic (exact) mass is 376 g/mol. The van der Waals surface area contributed by atoms with Crippen LogP contribution in [0.15, 0.2) is 48.5 Å². The smallest absolute Gasteiger partial charge is 0.171 e. The molecule has 0 aliphatic carbocycles. The van der Waals surface area contributed by atoms with E-state index in [0.717, 1.165) is 26.0 Å². The minimum Gasteiger partial charge on any atom is -0.331 e. The molecule has 3 rings (SSSR count). The topological polar surface area (TPSA) is 34.9 Å². The molecule has 2 aromatic carbocycles. The molecule has 0 radical (unpaired) electrons. The Morgan fingerprint density at radius 1 is 1.15 bits per heavy atom. The third-order valence-corrected chi connectivity index (χ3v) is 4.31. The molecule has 0 saturated heterocycles. The van der Waals surface area contributed by atoms with Crippen LogP contribution in [-0.2, 0) is 13.5 Å². The SMILES string of the molecule is Cn1c(CC(=O)c2ccccc2I)nc2ccccc21. The summed E-state index contributed by atoms with van der Waals surface area (Å²) in [6.07, 6.45) is 0.325. The molecule has 0 amide bonds. The molecule has 1 aromatic heterocycles. The zero-order valence-corrected chi connectivity index (χ0v) is 13.2. The number of hydrogen-bond acceptors (Lipinski definition) is 2. The molecule has 0 bridgehead atoms. The van der Waals surface area contributed by atoms with Crippen molar-refractivity contribution in [3.63, 3.8) is 0 Å². The van der Waals surface area contributed by atoms with Crippen LogP contribution in [0.4, 0.5) is 0 Å². The van der Waals surface area contributed by atoms with E-state index in [4.69, 9.17) is 0 Å². The second-order valence-electron chi connectivity index (χ2n) is 4.66. The first-order chi connectivity index (χ1) is 9.66. The largest absolute Gasteiger partial charge is 0.331 e. The Morgan fingerprint density at radius 2 is 1.85 bits per heavy atom. The number of fused-ring (bicyclic) bond motifs is 1. The maximum atomic E-state index is 12.4. The molecule has 0 unspecified atom stereocenters. The van der Waals surface area contributed by atoms with Gasteiger partial charge in [-0.25, -0.2) is 4.98 Å². The van der Waals surface area contributed by atoms with Crippen LogP contribution in [0.5, 0.6) is 0 Å². The number of imidazole rings is 1. The normalized spacial score (nSPS) is 10.9. The highest BCUT2D eigenvalue weighted by molar-refractivity contribution is 14.1. The van der Waals surface area contributed by atoms with Crippen molar-refractivity contribution in [2.75, 3.05) is 0 Å². The third-order valence-electron chi connectivity index (χ3n) is 3.37. The highest BCUT2D eigenvalue weighted by Crippen LogP contribution is 2.18. The van der Waals surface area contributed by atoms with Crippen LogP contribution in [0.25, 0.3) is 11.0 Å². The van der Waals surface area contributed by atoms with E-state index in [1.807, 2.05) is 60.1 Å². The number of halogens is 1. The molecule has 3 nitrogen and oxygen atoms in total. The first kappa shape index (κ1) is 13.3. The fourth-order valence-corrected chi connectivity index (χ4v) is 2.97. The summed E-state index contributed by atoms with van der Waals surface area (Å²) in [5, 5.41) is 0. The second-order valence-corrected chi connectivity index (χ2v) is 5.82.